The summed E-state index contributed by atoms with van der Waals surface area (Å²) in [5, 5.41) is -1.02. The van der Waals surface area contributed by atoms with Crippen molar-refractivity contribution < 1.29 is 39.5 Å². The third kappa shape index (κ3) is 2.20. The van der Waals surface area contributed by atoms with Gasteiger partial charge < -0.3 is 5.43 Å². The molecule has 0 aromatic heterocycles. The van der Waals surface area contributed by atoms with Crippen LogP contribution in [-0.4, -0.2) is 30.0 Å². The van der Waals surface area contributed by atoms with Crippen LogP contribution in [0.1, 0.15) is 6.92 Å². The highest BCUT2D eigenvalue weighted by molar-refractivity contribution is 6.30. The highest BCUT2D eigenvalue weighted by Gasteiger charge is 2.83. The van der Waals surface area contributed by atoms with Gasteiger partial charge in [-0.3, -0.25) is 0 Å². The minimum atomic E-state index is -6.93. The maximum absolute atomic E-state index is 13.4. The van der Waals surface area contributed by atoms with Crippen LogP contribution in [0, 0.1) is 0 Å². The fourth-order valence-electron chi connectivity index (χ4n) is 1.34. The van der Waals surface area contributed by atoms with E-state index in [4.69, 9.17) is 11.6 Å². The topological polar surface area (TPSA) is 24.1 Å². The van der Waals surface area contributed by atoms with Crippen molar-refractivity contribution in [2.24, 2.45) is 0 Å². The Morgan fingerprint density at radius 3 is 1.65 bits per heavy atom. The van der Waals surface area contributed by atoms with E-state index in [9.17, 15) is 39.5 Å². The zero-order valence-electron chi connectivity index (χ0n) is 9.36. The van der Waals surface area contributed by atoms with Crippen LogP contribution in [-0.2, 0) is 0 Å². The summed E-state index contributed by atoms with van der Waals surface area (Å²) in [4.78, 5) is 0. The molecule has 0 bridgehead atoms. The molecule has 0 amide bonds. The molecule has 0 saturated carbocycles. The summed E-state index contributed by atoms with van der Waals surface area (Å²) in [5.41, 5.74) is 2.98. The number of hydrogen-bond donors (Lipinski definition) is 2. The molecule has 0 fully saturated rings. The number of halogens is 10. The van der Waals surface area contributed by atoms with Gasteiger partial charge in [0.25, 0.3) is 0 Å². The van der Waals surface area contributed by atoms with Crippen LogP contribution in [0.25, 0.3) is 0 Å². The van der Waals surface area contributed by atoms with Crippen molar-refractivity contribution in [2.45, 2.75) is 36.9 Å². The van der Waals surface area contributed by atoms with Crippen molar-refractivity contribution in [3.63, 3.8) is 0 Å². The Bertz CT molecular complexity index is 428. The van der Waals surface area contributed by atoms with Gasteiger partial charge in [0, 0.05) is 5.70 Å². The van der Waals surface area contributed by atoms with E-state index in [1.165, 1.54) is 5.43 Å². The van der Waals surface area contributed by atoms with Crippen LogP contribution in [0.2, 0.25) is 0 Å². The molecular weight excluding hydrogens is 331 g/mol. The highest BCUT2D eigenvalue weighted by Crippen LogP contribution is 2.55. The number of alkyl halides is 9. The number of nitrogens with one attached hydrogen (secondary N) is 2. The van der Waals surface area contributed by atoms with Gasteiger partial charge in [-0.1, -0.05) is 11.6 Å². The van der Waals surface area contributed by atoms with Gasteiger partial charge in [-0.05, 0) is 6.92 Å². The molecule has 1 aliphatic rings. The predicted octanol–water partition coefficient (Wildman–Crippen LogP) is 3.40. The summed E-state index contributed by atoms with van der Waals surface area (Å²) in [6, 6.07) is -2.92. The van der Waals surface area contributed by atoms with Gasteiger partial charge in [0.15, 0.2) is 0 Å². The Morgan fingerprint density at radius 2 is 1.35 bits per heavy atom. The first-order valence-corrected chi connectivity index (χ1v) is 5.13. The van der Waals surface area contributed by atoms with Crippen molar-refractivity contribution in [1.82, 2.24) is 10.9 Å². The van der Waals surface area contributed by atoms with E-state index in [2.05, 4.69) is 0 Å². The lowest BCUT2D eigenvalue weighted by Gasteiger charge is -2.36. The molecule has 0 aliphatic carbocycles. The molecule has 1 aliphatic heterocycles. The quantitative estimate of drug-likeness (QED) is 0.772. The lowest BCUT2D eigenvalue weighted by atomic mass is 9.97. The van der Waals surface area contributed by atoms with Crippen LogP contribution < -0.4 is 10.9 Å². The summed E-state index contributed by atoms with van der Waals surface area (Å²) >= 11 is 5.20. The first kappa shape index (κ1) is 17.2. The molecule has 0 aromatic carbocycles. The summed E-state index contributed by atoms with van der Waals surface area (Å²) < 4.78 is 114. The fourth-order valence-corrected chi connectivity index (χ4v) is 1.58. The minimum Gasteiger partial charge on any atom is -0.324 e. The van der Waals surface area contributed by atoms with E-state index in [-0.39, 0.29) is 5.70 Å². The smallest absolute Gasteiger partial charge is 0.324 e. The van der Waals surface area contributed by atoms with E-state index in [0.29, 0.717) is 0 Å². The molecule has 0 spiro atoms. The molecule has 1 heterocycles. The lowest BCUT2D eigenvalue weighted by Crippen LogP contribution is -2.66. The molecule has 118 valence electrons. The number of hydrogen-bond acceptors (Lipinski definition) is 2. The molecule has 1 rings (SSSR count). The Kier molecular flexibility index (Phi) is 3.94. The van der Waals surface area contributed by atoms with Gasteiger partial charge in [-0.2, -0.15) is 39.5 Å². The van der Waals surface area contributed by atoms with E-state index in [0.717, 1.165) is 6.92 Å². The van der Waals surface area contributed by atoms with Crippen molar-refractivity contribution in [2.75, 3.05) is 0 Å². The molecular formula is C8H6ClF9N2. The number of allylic oxidation sites excluding steroid dienone is 1. The Hall–Kier alpha value is -0.840. The fraction of sp³-hybridized carbons (Fsp3) is 0.750. The third-order valence-corrected chi connectivity index (χ3v) is 3.05. The zero-order valence-corrected chi connectivity index (χ0v) is 10.1. The van der Waals surface area contributed by atoms with Gasteiger partial charge in [-0.25, -0.2) is 5.43 Å². The maximum Gasteiger partial charge on any atom is 0.460 e. The van der Waals surface area contributed by atoms with E-state index >= 15 is 0 Å². The van der Waals surface area contributed by atoms with E-state index in [1.807, 2.05) is 5.43 Å². The molecule has 2 nitrogen and oxygen atoms in total. The second-order valence-electron chi connectivity index (χ2n) is 3.94. The zero-order chi connectivity index (χ0) is 16.1. The molecule has 0 saturated heterocycles. The van der Waals surface area contributed by atoms with Crippen molar-refractivity contribution in [3.8, 4) is 0 Å². The Morgan fingerprint density at radius 1 is 0.900 bits per heavy atom. The lowest BCUT2D eigenvalue weighted by molar-refractivity contribution is -0.397. The highest BCUT2D eigenvalue weighted by atomic mass is 35.5. The predicted molar refractivity (Wildman–Crippen MR) is 49.5 cm³/mol. The standard InChI is InChI=1S/C8H6ClF9N2/c1-2-3(9)4(20-19-2)5(10,11)6(12,13)7(14,15)8(16,17)18/h4,19-20H,1H3/t4-/m1/s1. The Balaban J connectivity index is 3.27. The summed E-state index contributed by atoms with van der Waals surface area (Å²) in [5.74, 6) is -19.4. The normalized spacial score (nSPS) is 22.2. The van der Waals surface area contributed by atoms with Crippen LogP contribution >= 0.6 is 11.6 Å². The summed E-state index contributed by atoms with van der Waals surface area (Å²) in [6.07, 6.45) is -6.85. The largest absolute Gasteiger partial charge is 0.460 e. The van der Waals surface area contributed by atoms with Crippen LogP contribution in [0.15, 0.2) is 10.7 Å². The van der Waals surface area contributed by atoms with Crippen LogP contribution in [0.4, 0.5) is 39.5 Å². The average Bonchev–Trinajstić information content (AvgIpc) is 2.57. The first-order chi connectivity index (χ1) is 8.68. The molecule has 12 heteroatoms. The summed E-state index contributed by atoms with van der Waals surface area (Å²) in [7, 11) is 0. The van der Waals surface area contributed by atoms with Gasteiger partial charge >= 0.3 is 23.9 Å². The first-order valence-electron chi connectivity index (χ1n) is 4.76. The number of hydrazine groups is 1. The van der Waals surface area contributed by atoms with Crippen molar-refractivity contribution >= 4 is 11.6 Å². The second-order valence-corrected chi connectivity index (χ2v) is 4.35. The molecule has 2 N–H and O–H groups in total. The minimum absolute atomic E-state index is 0.303. The average molecular weight is 337 g/mol. The molecule has 0 unspecified atom stereocenters. The molecule has 20 heavy (non-hydrogen) atoms. The van der Waals surface area contributed by atoms with Crippen molar-refractivity contribution in [3.05, 3.63) is 10.7 Å². The van der Waals surface area contributed by atoms with E-state index < -0.39 is 35.0 Å². The SMILES string of the molecule is CC1=C(Cl)[C@H](C(F)(F)C(F)(F)C(F)(F)C(F)(F)F)NN1. The second kappa shape index (κ2) is 4.58. The molecule has 1 atom stereocenters. The van der Waals surface area contributed by atoms with Crippen molar-refractivity contribution in [1.29, 1.82) is 0 Å². The van der Waals surface area contributed by atoms with Gasteiger partial charge in [0.05, 0.1) is 5.03 Å². The van der Waals surface area contributed by atoms with Gasteiger partial charge in [0.2, 0.25) is 0 Å². The Labute approximate surface area is 110 Å². The summed E-state index contributed by atoms with van der Waals surface area (Å²) in [6.45, 7) is 1.03. The van der Waals surface area contributed by atoms with Gasteiger partial charge in [-0.15, -0.1) is 0 Å². The van der Waals surface area contributed by atoms with Gasteiger partial charge in [0.1, 0.15) is 6.04 Å². The molecule has 0 aromatic rings. The number of rotatable bonds is 3. The van der Waals surface area contributed by atoms with Crippen LogP contribution in [0.3, 0.4) is 0 Å². The molecule has 0 radical (unpaired) electrons. The van der Waals surface area contributed by atoms with E-state index in [1.54, 1.807) is 0 Å². The maximum atomic E-state index is 13.4. The third-order valence-electron chi connectivity index (χ3n) is 2.55. The van der Waals surface area contributed by atoms with Crippen LogP contribution in [0.5, 0.6) is 0 Å². The monoisotopic (exact) mass is 336 g/mol.